The molecular weight excluding hydrogens is 264 g/mol. The van der Waals surface area contributed by atoms with Crippen LogP contribution in [0.4, 0.5) is 0 Å². The number of aliphatic hydroxyl groups excluding tert-OH is 1. The molecule has 0 radical (unpaired) electrons. The number of aliphatic hydroxyl groups is 1. The number of ether oxygens (including phenoxy) is 1. The lowest BCUT2D eigenvalue weighted by Crippen LogP contribution is -2.10. The summed E-state index contributed by atoms with van der Waals surface area (Å²) in [5.74, 6) is 0.978. The van der Waals surface area contributed by atoms with E-state index in [1.165, 1.54) is 0 Å². The van der Waals surface area contributed by atoms with E-state index in [9.17, 15) is 0 Å². The van der Waals surface area contributed by atoms with Crippen molar-refractivity contribution in [2.24, 2.45) is 0 Å². The fourth-order valence-corrected chi connectivity index (χ4v) is 2.29. The van der Waals surface area contributed by atoms with Gasteiger partial charge in [-0.25, -0.2) is 4.98 Å². The SMILES string of the molecule is CCOCCn1c(CCCO)nc2ccc(Cl)cc21. The fraction of sp³-hybridized carbons (Fsp3) is 0.500. The Hall–Kier alpha value is -1.10. The monoisotopic (exact) mass is 282 g/mol. The highest BCUT2D eigenvalue weighted by atomic mass is 35.5. The minimum absolute atomic E-state index is 0.176. The Morgan fingerprint density at radius 2 is 2.26 bits per heavy atom. The molecule has 0 bridgehead atoms. The van der Waals surface area contributed by atoms with Crippen LogP contribution in [-0.4, -0.2) is 34.5 Å². The smallest absolute Gasteiger partial charge is 0.110 e. The minimum Gasteiger partial charge on any atom is -0.396 e. The number of fused-ring (bicyclic) bond motifs is 1. The lowest BCUT2D eigenvalue weighted by atomic mass is 10.3. The molecule has 1 heterocycles. The number of aromatic nitrogens is 2. The second kappa shape index (κ2) is 6.89. The van der Waals surface area contributed by atoms with E-state index in [1.807, 2.05) is 25.1 Å². The Morgan fingerprint density at radius 3 is 3.00 bits per heavy atom. The molecule has 1 aromatic heterocycles. The van der Waals surface area contributed by atoms with Crippen LogP contribution in [0.25, 0.3) is 11.0 Å². The quantitative estimate of drug-likeness (QED) is 0.794. The van der Waals surface area contributed by atoms with Crippen molar-refractivity contribution in [1.82, 2.24) is 9.55 Å². The maximum Gasteiger partial charge on any atom is 0.110 e. The Kier molecular flexibility index (Phi) is 5.19. The summed E-state index contributed by atoms with van der Waals surface area (Å²) >= 11 is 6.05. The maximum absolute atomic E-state index is 8.97. The molecule has 2 rings (SSSR count). The van der Waals surface area contributed by atoms with Gasteiger partial charge < -0.3 is 14.4 Å². The predicted octanol–water partition coefficient (Wildman–Crippen LogP) is 2.65. The van der Waals surface area contributed by atoms with Gasteiger partial charge in [-0.3, -0.25) is 0 Å². The highest BCUT2D eigenvalue weighted by molar-refractivity contribution is 6.31. The zero-order valence-electron chi connectivity index (χ0n) is 11.1. The highest BCUT2D eigenvalue weighted by Gasteiger charge is 2.10. The van der Waals surface area contributed by atoms with Crippen LogP contribution in [0, 0.1) is 0 Å². The first-order valence-electron chi connectivity index (χ1n) is 6.59. The lowest BCUT2D eigenvalue weighted by Gasteiger charge is -2.09. The number of hydrogen-bond donors (Lipinski definition) is 1. The van der Waals surface area contributed by atoms with Crippen LogP contribution in [0.2, 0.25) is 5.02 Å². The fourth-order valence-electron chi connectivity index (χ4n) is 2.12. The van der Waals surface area contributed by atoms with Gasteiger partial charge in [-0.15, -0.1) is 0 Å². The second-order valence-corrected chi connectivity index (χ2v) is 4.77. The molecule has 0 saturated carbocycles. The van der Waals surface area contributed by atoms with E-state index < -0.39 is 0 Å². The molecule has 0 aliphatic rings. The number of benzene rings is 1. The summed E-state index contributed by atoms with van der Waals surface area (Å²) in [5, 5.41) is 9.68. The highest BCUT2D eigenvalue weighted by Crippen LogP contribution is 2.21. The van der Waals surface area contributed by atoms with Gasteiger partial charge in [0.15, 0.2) is 0 Å². The van der Waals surface area contributed by atoms with Crippen molar-refractivity contribution in [3.63, 3.8) is 0 Å². The van der Waals surface area contributed by atoms with Crippen LogP contribution in [0.3, 0.4) is 0 Å². The Balaban J connectivity index is 2.32. The van der Waals surface area contributed by atoms with Gasteiger partial charge in [-0.05, 0) is 31.5 Å². The molecule has 0 aliphatic heterocycles. The third-order valence-corrected chi connectivity index (χ3v) is 3.25. The third-order valence-electron chi connectivity index (χ3n) is 3.01. The second-order valence-electron chi connectivity index (χ2n) is 4.34. The van der Waals surface area contributed by atoms with Crippen LogP contribution in [0.1, 0.15) is 19.2 Å². The van der Waals surface area contributed by atoms with Crippen LogP contribution >= 0.6 is 11.6 Å². The third kappa shape index (κ3) is 3.47. The minimum atomic E-state index is 0.176. The zero-order valence-corrected chi connectivity index (χ0v) is 11.9. The molecule has 0 spiro atoms. The molecule has 104 valence electrons. The summed E-state index contributed by atoms with van der Waals surface area (Å²) in [5.41, 5.74) is 1.97. The van der Waals surface area contributed by atoms with E-state index in [-0.39, 0.29) is 6.61 Å². The maximum atomic E-state index is 8.97. The molecule has 19 heavy (non-hydrogen) atoms. The van der Waals surface area contributed by atoms with Crippen LogP contribution in [0.5, 0.6) is 0 Å². The number of rotatable bonds is 7. The van der Waals surface area contributed by atoms with Crippen molar-refractivity contribution in [2.75, 3.05) is 19.8 Å². The van der Waals surface area contributed by atoms with Gasteiger partial charge in [0, 0.05) is 31.2 Å². The molecule has 1 aromatic carbocycles. The van der Waals surface area contributed by atoms with Gasteiger partial charge in [-0.1, -0.05) is 11.6 Å². The van der Waals surface area contributed by atoms with Crippen molar-refractivity contribution >= 4 is 22.6 Å². The molecule has 0 saturated heterocycles. The summed E-state index contributed by atoms with van der Waals surface area (Å²) in [7, 11) is 0. The average molecular weight is 283 g/mol. The largest absolute Gasteiger partial charge is 0.396 e. The predicted molar refractivity (Wildman–Crippen MR) is 76.6 cm³/mol. The number of halogens is 1. The van der Waals surface area contributed by atoms with Crippen molar-refractivity contribution < 1.29 is 9.84 Å². The standard InChI is InChI=1S/C14H19ClN2O2/c1-2-19-9-7-17-13-10-11(15)5-6-12(13)16-14(17)4-3-8-18/h5-6,10,18H,2-4,7-9H2,1H3. The van der Waals surface area contributed by atoms with Gasteiger partial charge >= 0.3 is 0 Å². The Labute approximate surface area is 118 Å². The number of imidazole rings is 1. The molecule has 2 aromatic rings. The van der Waals surface area contributed by atoms with Crippen molar-refractivity contribution in [2.45, 2.75) is 26.3 Å². The molecular formula is C14H19ClN2O2. The summed E-state index contributed by atoms with van der Waals surface area (Å²) in [6, 6.07) is 5.70. The summed E-state index contributed by atoms with van der Waals surface area (Å²) in [4.78, 5) is 4.61. The van der Waals surface area contributed by atoms with E-state index in [4.69, 9.17) is 21.4 Å². The molecule has 0 aliphatic carbocycles. The van der Waals surface area contributed by atoms with Crippen LogP contribution in [-0.2, 0) is 17.7 Å². The van der Waals surface area contributed by atoms with Gasteiger partial charge in [0.25, 0.3) is 0 Å². The first kappa shape index (κ1) is 14.3. The Morgan fingerprint density at radius 1 is 1.42 bits per heavy atom. The van der Waals surface area contributed by atoms with Crippen molar-refractivity contribution in [1.29, 1.82) is 0 Å². The van der Waals surface area contributed by atoms with Gasteiger partial charge in [0.05, 0.1) is 17.6 Å². The Bertz CT molecular complexity index is 539. The molecule has 5 heteroatoms. The molecule has 0 unspecified atom stereocenters. The van der Waals surface area contributed by atoms with E-state index in [1.54, 1.807) is 0 Å². The molecule has 4 nitrogen and oxygen atoms in total. The normalized spacial score (nSPS) is 11.3. The van der Waals surface area contributed by atoms with Crippen LogP contribution < -0.4 is 0 Å². The van der Waals surface area contributed by atoms with Crippen molar-refractivity contribution in [3.8, 4) is 0 Å². The molecule has 1 N–H and O–H groups in total. The van der Waals surface area contributed by atoms with Crippen LogP contribution in [0.15, 0.2) is 18.2 Å². The first-order valence-corrected chi connectivity index (χ1v) is 6.97. The van der Waals surface area contributed by atoms with E-state index >= 15 is 0 Å². The lowest BCUT2D eigenvalue weighted by molar-refractivity contribution is 0.139. The number of nitrogens with zero attached hydrogens (tertiary/aromatic N) is 2. The number of hydrogen-bond acceptors (Lipinski definition) is 3. The van der Waals surface area contributed by atoms with Gasteiger partial charge in [0.2, 0.25) is 0 Å². The summed E-state index contributed by atoms with van der Waals surface area (Å²) < 4.78 is 7.55. The molecule has 0 atom stereocenters. The zero-order chi connectivity index (χ0) is 13.7. The van der Waals surface area contributed by atoms with Crippen molar-refractivity contribution in [3.05, 3.63) is 29.0 Å². The van der Waals surface area contributed by atoms with E-state index in [2.05, 4.69) is 9.55 Å². The summed E-state index contributed by atoms with van der Waals surface area (Å²) in [6.07, 6.45) is 1.47. The molecule has 0 amide bonds. The van der Waals surface area contributed by atoms with Gasteiger partial charge in [0.1, 0.15) is 5.82 Å². The van der Waals surface area contributed by atoms with Gasteiger partial charge in [-0.2, -0.15) is 0 Å². The van der Waals surface area contributed by atoms with E-state index in [0.717, 1.165) is 29.8 Å². The number of aryl methyl sites for hydroxylation is 1. The van der Waals surface area contributed by atoms with E-state index in [0.29, 0.717) is 24.7 Å². The molecule has 0 fully saturated rings. The first-order chi connectivity index (χ1) is 9.26. The average Bonchev–Trinajstić information content (AvgIpc) is 2.74. The topological polar surface area (TPSA) is 47.3 Å². The summed E-state index contributed by atoms with van der Waals surface area (Å²) in [6.45, 7) is 4.27.